The van der Waals surface area contributed by atoms with Crippen LogP contribution in [0.1, 0.15) is 12.8 Å². The first-order valence-corrected chi connectivity index (χ1v) is 8.25. The van der Waals surface area contributed by atoms with E-state index in [9.17, 15) is 18.3 Å². The summed E-state index contributed by atoms with van der Waals surface area (Å²) < 4.78 is 22.7. The third kappa shape index (κ3) is 3.80. The fourth-order valence-electron chi connectivity index (χ4n) is 2.60. The average molecular weight is 292 g/mol. The molecular formula is C11H20N2O5S. The van der Waals surface area contributed by atoms with Crippen LogP contribution in [0.15, 0.2) is 0 Å². The molecule has 0 atom stereocenters. The number of carbonyl (C=O) groups is 1. The van der Waals surface area contributed by atoms with Gasteiger partial charge in [-0.25, -0.2) is 13.2 Å². The Bertz CT molecular complexity index is 428. The highest BCUT2D eigenvalue weighted by Gasteiger charge is 2.36. The maximum atomic E-state index is 11.3. The Morgan fingerprint density at radius 1 is 1.11 bits per heavy atom. The van der Waals surface area contributed by atoms with Crippen molar-refractivity contribution in [3.63, 3.8) is 0 Å². The lowest BCUT2D eigenvalue weighted by molar-refractivity contribution is -0.0398. The molecule has 110 valence electrons. The molecule has 0 bridgehead atoms. The van der Waals surface area contributed by atoms with Crippen LogP contribution in [0, 0.1) is 0 Å². The van der Waals surface area contributed by atoms with Gasteiger partial charge >= 0.3 is 6.09 Å². The molecule has 0 aromatic rings. The van der Waals surface area contributed by atoms with Crippen LogP contribution in [0.2, 0.25) is 0 Å². The molecule has 0 aromatic heterocycles. The first-order chi connectivity index (χ1) is 8.80. The van der Waals surface area contributed by atoms with Gasteiger partial charge in [0.25, 0.3) is 0 Å². The molecule has 1 amide bonds. The predicted molar refractivity (Wildman–Crippen MR) is 68.9 cm³/mol. The maximum Gasteiger partial charge on any atom is 0.407 e. The standard InChI is InChI=1S/C11H20N2O5S/c14-10(15)13-3-1-11(16,2-4-13)9-12-5-7-19(17,18)8-6-12/h16H,1-9H2,(H,14,15). The molecule has 0 radical (unpaired) electrons. The summed E-state index contributed by atoms with van der Waals surface area (Å²) in [6.07, 6.45) is -0.142. The number of hydrogen-bond donors (Lipinski definition) is 2. The molecule has 2 N–H and O–H groups in total. The van der Waals surface area contributed by atoms with Crippen LogP contribution in [0.25, 0.3) is 0 Å². The molecule has 0 aromatic carbocycles. The predicted octanol–water partition coefficient (Wildman–Crippen LogP) is -0.778. The van der Waals surface area contributed by atoms with Crippen molar-refractivity contribution in [1.82, 2.24) is 9.80 Å². The molecule has 2 aliphatic heterocycles. The lowest BCUT2D eigenvalue weighted by atomic mass is 9.91. The quantitative estimate of drug-likeness (QED) is 0.693. The van der Waals surface area contributed by atoms with Gasteiger partial charge in [0.15, 0.2) is 9.84 Å². The van der Waals surface area contributed by atoms with E-state index in [1.807, 2.05) is 4.90 Å². The molecule has 2 fully saturated rings. The SMILES string of the molecule is O=C(O)N1CCC(O)(CN2CCS(=O)(=O)CC2)CC1. The van der Waals surface area contributed by atoms with E-state index in [1.165, 1.54) is 4.90 Å². The van der Waals surface area contributed by atoms with Gasteiger partial charge in [-0.3, -0.25) is 4.90 Å². The number of sulfone groups is 1. The minimum Gasteiger partial charge on any atom is -0.465 e. The second-order valence-electron chi connectivity index (χ2n) is 5.42. The minimum absolute atomic E-state index is 0.143. The molecule has 2 heterocycles. The van der Waals surface area contributed by atoms with E-state index >= 15 is 0 Å². The number of rotatable bonds is 2. The Kier molecular flexibility index (Phi) is 4.03. The summed E-state index contributed by atoms with van der Waals surface area (Å²) in [5, 5.41) is 19.3. The highest BCUT2D eigenvalue weighted by Crippen LogP contribution is 2.24. The van der Waals surface area contributed by atoms with Crippen LogP contribution in [0.4, 0.5) is 4.79 Å². The van der Waals surface area contributed by atoms with Gasteiger partial charge in [0, 0.05) is 32.7 Å². The topological polar surface area (TPSA) is 98.1 Å². The van der Waals surface area contributed by atoms with Crippen molar-refractivity contribution in [1.29, 1.82) is 0 Å². The summed E-state index contributed by atoms with van der Waals surface area (Å²) >= 11 is 0. The van der Waals surface area contributed by atoms with Crippen molar-refractivity contribution in [3.05, 3.63) is 0 Å². The molecule has 2 rings (SSSR count). The Morgan fingerprint density at radius 2 is 1.63 bits per heavy atom. The normalized spacial score (nSPS) is 27.1. The van der Waals surface area contributed by atoms with Crippen molar-refractivity contribution in [2.45, 2.75) is 18.4 Å². The van der Waals surface area contributed by atoms with E-state index in [0.717, 1.165) is 0 Å². The first-order valence-electron chi connectivity index (χ1n) is 6.43. The molecule has 0 spiro atoms. The zero-order chi connectivity index (χ0) is 14.1. The Hall–Kier alpha value is -0.860. The number of carboxylic acid groups (broad SMARTS) is 1. The van der Waals surface area contributed by atoms with E-state index in [2.05, 4.69) is 0 Å². The van der Waals surface area contributed by atoms with E-state index in [4.69, 9.17) is 5.11 Å². The molecule has 19 heavy (non-hydrogen) atoms. The number of nitrogens with zero attached hydrogens (tertiary/aromatic N) is 2. The number of aliphatic hydroxyl groups is 1. The monoisotopic (exact) mass is 292 g/mol. The van der Waals surface area contributed by atoms with Crippen LogP contribution in [0.5, 0.6) is 0 Å². The highest BCUT2D eigenvalue weighted by atomic mass is 32.2. The number of amides is 1. The zero-order valence-corrected chi connectivity index (χ0v) is 11.6. The largest absolute Gasteiger partial charge is 0.465 e. The fraction of sp³-hybridized carbons (Fsp3) is 0.909. The molecule has 8 heteroatoms. The molecule has 2 saturated heterocycles. The summed E-state index contributed by atoms with van der Waals surface area (Å²) in [5.41, 5.74) is -0.896. The third-order valence-corrected chi connectivity index (χ3v) is 5.53. The van der Waals surface area contributed by atoms with Gasteiger partial charge in [-0.2, -0.15) is 0 Å². The third-order valence-electron chi connectivity index (χ3n) is 3.92. The number of likely N-dealkylation sites (tertiary alicyclic amines) is 1. The fourth-order valence-corrected chi connectivity index (χ4v) is 3.87. The summed E-state index contributed by atoms with van der Waals surface area (Å²) in [7, 11) is -2.91. The van der Waals surface area contributed by atoms with E-state index in [0.29, 0.717) is 45.6 Å². The summed E-state index contributed by atoms with van der Waals surface area (Å²) in [5.74, 6) is 0.286. The maximum absolute atomic E-state index is 11.3. The summed E-state index contributed by atoms with van der Waals surface area (Å²) in [6.45, 7) is 1.99. The van der Waals surface area contributed by atoms with E-state index in [-0.39, 0.29) is 11.5 Å². The van der Waals surface area contributed by atoms with Crippen molar-refractivity contribution in [3.8, 4) is 0 Å². The molecule has 7 nitrogen and oxygen atoms in total. The second-order valence-corrected chi connectivity index (χ2v) is 7.73. The highest BCUT2D eigenvalue weighted by molar-refractivity contribution is 7.91. The zero-order valence-electron chi connectivity index (χ0n) is 10.8. The van der Waals surface area contributed by atoms with Gasteiger partial charge in [-0.1, -0.05) is 0 Å². The van der Waals surface area contributed by atoms with Gasteiger partial charge in [-0.15, -0.1) is 0 Å². The van der Waals surface area contributed by atoms with Crippen molar-refractivity contribution in [2.24, 2.45) is 0 Å². The van der Waals surface area contributed by atoms with Crippen molar-refractivity contribution < 1.29 is 23.4 Å². The average Bonchev–Trinajstić information content (AvgIpc) is 2.32. The Labute approximate surface area is 112 Å². The summed E-state index contributed by atoms with van der Waals surface area (Å²) in [6, 6.07) is 0. The van der Waals surface area contributed by atoms with Gasteiger partial charge in [-0.05, 0) is 12.8 Å². The van der Waals surface area contributed by atoms with Crippen LogP contribution < -0.4 is 0 Å². The van der Waals surface area contributed by atoms with Crippen molar-refractivity contribution in [2.75, 3.05) is 44.2 Å². The number of piperidine rings is 1. The molecule has 0 aliphatic carbocycles. The second kappa shape index (κ2) is 5.26. The van der Waals surface area contributed by atoms with Gasteiger partial charge in [0.05, 0.1) is 17.1 Å². The van der Waals surface area contributed by atoms with Crippen molar-refractivity contribution >= 4 is 15.9 Å². The Balaban J connectivity index is 1.85. The van der Waals surface area contributed by atoms with Gasteiger partial charge in [0.2, 0.25) is 0 Å². The van der Waals surface area contributed by atoms with Crippen LogP contribution in [0.3, 0.4) is 0 Å². The Morgan fingerprint density at radius 3 is 2.11 bits per heavy atom. The molecule has 0 saturated carbocycles. The van der Waals surface area contributed by atoms with Crippen LogP contribution in [-0.2, 0) is 9.84 Å². The molecule has 0 unspecified atom stereocenters. The smallest absolute Gasteiger partial charge is 0.407 e. The van der Waals surface area contributed by atoms with E-state index < -0.39 is 21.5 Å². The lowest BCUT2D eigenvalue weighted by Gasteiger charge is -2.40. The van der Waals surface area contributed by atoms with E-state index in [1.54, 1.807) is 0 Å². The van der Waals surface area contributed by atoms with Gasteiger partial charge in [0.1, 0.15) is 0 Å². The lowest BCUT2D eigenvalue weighted by Crippen LogP contribution is -2.54. The minimum atomic E-state index is -2.91. The molecular weight excluding hydrogens is 272 g/mol. The van der Waals surface area contributed by atoms with Gasteiger partial charge < -0.3 is 15.1 Å². The number of hydrogen-bond acceptors (Lipinski definition) is 5. The van der Waals surface area contributed by atoms with Crippen LogP contribution >= 0.6 is 0 Å². The van der Waals surface area contributed by atoms with Crippen LogP contribution in [-0.4, -0.2) is 84.4 Å². The first kappa shape index (κ1) is 14.5. The summed E-state index contributed by atoms with van der Waals surface area (Å²) in [4.78, 5) is 14.1. The number of β-amino-alcohol motifs (C(OH)–C–C–N with tert-alkyl or cyclic N) is 1. The molecule has 2 aliphatic rings.